The summed E-state index contributed by atoms with van der Waals surface area (Å²) < 4.78 is 40.8. The minimum atomic E-state index is -3.68. The molecule has 0 radical (unpaired) electrons. The second kappa shape index (κ2) is 5.80. The van der Waals surface area contributed by atoms with Crippen molar-refractivity contribution >= 4 is 27.7 Å². The number of carbonyl (C=O) groups is 1. The zero-order valence-corrected chi connectivity index (χ0v) is 15.1. The summed E-state index contributed by atoms with van der Waals surface area (Å²) in [6, 6.07) is 7.72. The summed E-state index contributed by atoms with van der Waals surface area (Å²) >= 11 is 3.26. The fourth-order valence-corrected chi connectivity index (χ4v) is 3.38. The van der Waals surface area contributed by atoms with E-state index >= 15 is 0 Å². The van der Waals surface area contributed by atoms with Gasteiger partial charge in [0.25, 0.3) is 0 Å². The van der Waals surface area contributed by atoms with Gasteiger partial charge in [0.1, 0.15) is 10.4 Å². The molecule has 1 aromatic carbocycles. The maximum Gasteiger partial charge on any atom is 0.586 e. The van der Waals surface area contributed by atoms with Crippen molar-refractivity contribution in [1.82, 2.24) is 4.98 Å². The molecule has 26 heavy (non-hydrogen) atoms. The van der Waals surface area contributed by atoms with Crippen molar-refractivity contribution < 1.29 is 27.8 Å². The average molecular weight is 427 g/mol. The molecule has 0 saturated heterocycles. The van der Waals surface area contributed by atoms with E-state index in [4.69, 9.17) is 4.74 Å². The molecule has 1 saturated carbocycles. The fraction of sp³-hybridized carbons (Fsp3) is 0.294. The maximum absolute atomic E-state index is 13.2. The van der Waals surface area contributed by atoms with Crippen molar-refractivity contribution in [2.24, 2.45) is 0 Å². The van der Waals surface area contributed by atoms with E-state index in [1.807, 2.05) is 0 Å². The van der Waals surface area contributed by atoms with Crippen LogP contribution in [0.1, 0.15) is 18.4 Å². The molecule has 136 valence electrons. The van der Waals surface area contributed by atoms with Crippen LogP contribution < -0.4 is 19.5 Å². The Balaban J connectivity index is 1.56. The van der Waals surface area contributed by atoms with Crippen LogP contribution in [0.15, 0.2) is 34.9 Å². The normalized spacial score (nSPS) is 18.3. The summed E-state index contributed by atoms with van der Waals surface area (Å²) in [7, 11) is 1.52. The van der Waals surface area contributed by atoms with E-state index in [1.165, 1.54) is 19.2 Å². The van der Waals surface area contributed by atoms with Crippen LogP contribution in [0.25, 0.3) is 0 Å². The lowest BCUT2D eigenvalue weighted by Crippen LogP contribution is -2.28. The smallest absolute Gasteiger partial charge is 0.494 e. The number of amides is 1. The molecule has 0 unspecified atom stereocenters. The van der Waals surface area contributed by atoms with Gasteiger partial charge in [0, 0.05) is 0 Å². The zero-order valence-electron chi connectivity index (χ0n) is 13.5. The number of benzene rings is 1. The quantitative estimate of drug-likeness (QED) is 0.752. The van der Waals surface area contributed by atoms with Crippen LogP contribution in [-0.4, -0.2) is 24.3 Å². The number of alkyl halides is 2. The number of rotatable bonds is 4. The van der Waals surface area contributed by atoms with Crippen LogP contribution in [0.5, 0.6) is 17.2 Å². The van der Waals surface area contributed by atoms with E-state index < -0.39 is 11.7 Å². The highest BCUT2D eigenvalue weighted by Gasteiger charge is 2.52. The third-order valence-electron chi connectivity index (χ3n) is 4.41. The summed E-state index contributed by atoms with van der Waals surface area (Å²) in [5, 5.41) is 2.76. The van der Waals surface area contributed by atoms with Gasteiger partial charge in [-0.15, -0.1) is 8.78 Å². The first-order valence-electron chi connectivity index (χ1n) is 7.75. The van der Waals surface area contributed by atoms with Crippen LogP contribution >= 0.6 is 15.9 Å². The van der Waals surface area contributed by atoms with E-state index in [9.17, 15) is 13.6 Å². The van der Waals surface area contributed by atoms with Crippen molar-refractivity contribution in [1.29, 1.82) is 0 Å². The fourth-order valence-electron chi connectivity index (χ4n) is 2.90. The van der Waals surface area contributed by atoms with E-state index in [-0.39, 0.29) is 17.4 Å². The number of pyridine rings is 1. The van der Waals surface area contributed by atoms with Gasteiger partial charge in [-0.1, -0.05) is 6.07 Å². The van der Waals surface area contributed by atoms with Crippen molar-refractivity contribution in [2.45, 2.75) is 24.6 Å². The van der Waals surface area contributed by atoms with Crippen LogP contribution in [0.2, 0.25) is 0 Å². The van der Waals surface area contributed by atoms with Gasteiger partial charge in [0.05, 0.1) is 12.5 Å². The summed E-state index contributed by atoms with van der Waals surface area (Å²) in [6.07, 6.45) is -2.47. The van der Waals surface area contributed by atoms with Gasteiger partial charge < -0.3 is 19.5 Å². The highest BCUT2D eigenvalue weighted by molar-refractivity contribution is 9.10. The van der Waals surface area contributed by atoms with Crippen molar-refractivity contribution in [3.05, 3.63) is 40.5 Å². The number of halogens is 3. The number of nitrogens with zero attached hydrogens (tertiary/aromatic N) is 1. The lowest BCUT2D eigenvalue weighted by Gasteiger charge is -2.16. The van der Waals surface area contributed by atoms with Gasteiger partial charge in [-0.3, -0.25) is 4.79 Å². The number of anilines is 1. The van der Waals surface area contributed by atoms with Gasteiger partial charge >= 0.3 is 6.29 Å². The van der Waals surface area contributed by atoms with Gasteiger partial charge in [-0.25, -0.2) is 4.98 Å². The molecule has 0 bridgehead atoms. The Morgan fingerprint density at radius 1 is 1.23 bits per heavy atom. The number of ether oxygens (including phenoxy) is 3. The van der Waals surface area contributed by atoms with Crippen molar-refractivity contribution in [3.8, 4) is 17.2 Å². The second-order valence-corrected chi connectivity index (χ2v) is 6.81. The molecule has 6 nitrogen and oxygen atoms in total. The Morgan fingerprint density at radius 2 is 1.96 bits per heavy atom. The molecule has 1 N–H and O–H groups in total. The van der Waals surface area contributed by atoms with Gasteiger partial charge in [-0.2, -0.15) is 0 Å². The largest absolute Gasteiger partial charge is 0.586 e. The van der Waals surface area contributed by atoms with Gasteiger partial charge in [-0.05, 0) is 58.6 Å². The SMILES string of the molecule is COc1ccc(NC(=O)C2(c3ccc4c(c3)OC(F)(F)O4)CC2)nc1Br. The number of hydrogen-bond acceptors (Lipinski definition) is 5. The number of methoxy groups -OCH3 is 1. The van der Waals surface area contributed by atoms with E-state index in [1.54, 1.807) is 18.2 Å². The monoisotopic (exact) mass is 426 g/mol. The average Bonchev–Trinajstić information content (AvgIpc) is 3.32. The predicted octanol–water partition coefficient (Wildman–Crippen LogP) is 3.84. The molecular weight excluding hydrogens is 414 g/mol. The molecule has 4 rings (SSSR count). The number of nitrogens with one attached hydrogen (secondary N) is 1. The predicted molar refractivity (Wildman–Crippen MR) is 90.7 cm³/mol. The lowest BCUT2D eigenvalue weighted by atomic mass is 9.94. The number of carbonyl (C=O) groups excluding carboxylic acids is 1. The molecule has 2 aromatic rings. The Hall–Kier alpha value is -2.42. The highest BCUT2D eigenvalue weighted by Crippen LogP contribution is 2.52. The summed E-state index contributed by atoms with van der Waals surface area (Å²) in [4.78, 5) is 17.0. The molecule has 1 aliphatic heterocycles. The standard InChI is InChI=1S/C17H13BrF2N2O4/c1-24-11-4-5-13(21-14(11)18)22-15(23)16(6-7-16)9-2-3-10-12(8-9)26-17(19,20)25-10/h2-5,8H,6-7H2,1H3,(H,21,22,23). The molecule has 1 aromatic heterocycles. The zero-order chi connectivity index (χ0) is 18.5. The van der Waals surface area contributed by atoms with E-state index in [2.05, 4.69) is 35.7 Å². The Morgan fingerprint density at radius 3 is 2.62 bits per heavy atom. The third kappa shape index (κ3) is 2.86. The van der Waals surface area contributed by atoms with Gasteiger partial charge in [0.2, 0.25) is 5.91 Å². The number of aromatic nitrogens is 1. The van der Waals surface area contributed by atoms with Crippen molar-refractivity contribution in [2.75, 3.05) is 12.4 Å². The first-order chi connectivity index (χ1) is 12.3. The summed E-state index contributed by atoms with van der Waals surface area (Å²) in [5.74, 6) is 0.530. The Labute approximate surface area is 155 Å². The first-order valence-corrected chi connectivity index (χ1v) is 8.55. The third-order valence-corrected chi connectivity index (χ3v) is 4.98. The van der Waals surface area contributed by atoms with Crippen LogP contribution in [0, 0.1) is 0 Å². The van der Waals surface area contributed by atoms with Gasteiger partial charge in [0.15, 0.2) is 17.2 Å². The molecule has 2 heterocycles. The molecule has 0 spiro atoms. The summed E-state index contributed by atoms with van der Waals surface area (Å²) in [5.41, 5.74) is -0.188. The molecule has 1 aliphatic carbocycles. The maximum atomic E-state index is 13.2. The molecule has 2 aliphatic rings. The lowest BCUT2D eigenvalue weighted by molar-refractivity contribution is -0.286. The number of hydrogen-bond donors (Lipinski definition) is 1. The minimum Gasteiger partial charge on any atom is -0.494 e. The molecule has 1 amide bonds. The Kier molecular flexibility index (Phi) is 3.80. The van der Waals surface area contributed by atoms with E-state index in [0.29, 0.717) is 34.6 Å². The number of fused-ring (bicyclic) bond motifs is 1. The van der Waals surface area contributed by atoms with Crippen LogP contribution in [0.4, 0.5) is 14.6 Å². The van der Waals surface area contributed by atoms with Crippen LogP contribution in [0.3, 0.4) is 0 Å². The molecular formula is C17H13BrF2N2O4. The molecule has 1 fully saturated rings. The highest BCUT2D eigenvalue weighted by atomic mass is 79.9. The summed E-state index contributed by atoms with van der Waals surface area (Å²) in [6.45, 7) is 0. The first kappa shape index (κ1) is 17.0. The van der Waals surface area contributed by atoms with Crippen molar-refractivity contribution in [3.63, 3.8) is 0 Å². The second-order valence-electron chi connectivity index (χ2n) is 6.05. The van der Waals surface area contributed by atoms with E-state index in [0.717, 1.165) is 0 Å². The topological polar surface area (TPSA) is 69.7 Å². The Bertz CT molecular complexity index is 902. The minimum absolute atomic E-state index is 0.0456. The van der Waals surface area contributed by atoms with Crippen LogP contribution in [-0.2, 0) is 10.2 Å². The molecule has 0 atom stereocenters. The molecule has 9 heteroatoms.